The Balaban J connectivity index is 1.52. The Labute approximate surface area is 266 Å². The third-order valence-corrected chi connectivity index (χ3v) is 10.4. The molecular formula is C33H44N6O5S. The molecule has 242 valence electrons. The van der Waals surface area contributed by atoms with E-state index >= 15 is 0 Å². The van der Waals surface area contributed by atoms with Gasteiger partial charge in [-0.15, -0.1) is 15.9 Å². The quantitative estimate of drug-likeness (QED) is 0.164. The van der Waals surface area contributed by atoms with Gasteiger partial charge in [0.1, 0.15) is 16.5 Å². The molecule has 3 heterocycles. The number of rotatable bonds is 12. The summed E-state index contributed by atoms with van der Waals surface area (Å²) in [6.45, 7) is 10.5. The highest BCUT2D eigenvalue weighted by Crippen LogP contribution is 2.57. The number of hydrogen-bond acceptors (Lipinski definition) is 9. The number of benzene rings is 2. The van der Waals surface area contributed by atoms with Crippen LogP contribution in [-0.4, -0.2) is 72.2 Å². The summed E-state index contributed by atoms with van der Waals surface area (Å²) in [5, 5.41) is 11.8. The second-order valence-corrected chi connectivity index (χ2v) is 13.5. The zero-order valence-corrected chi connectivity index (χ0v) is 27.5. The molecule has 2 atom stereocenters. The molecule has 0 bridgehead atoms. The maximum absolute atomic E-state index is 13.3. The number of carbonyl (C=O) groups is 1. The lowest BCUT2D eigenvalue weighted by Crippen LogP contribution is -2.34. The molecule has 0 spiro atoms. The molecule has 0 aliphatic carbocycles. The molecule has 12 heteroatoms. The fourth-order valence-corrected chi connectivity index (χ4v) is 7.44. The van der Waals surface area contributed by atoms with E-state index in [0.717, 1.165) is 45.3 Å². The Morgan fingerprint density at radius 2 is 2.02 bits per heavy atom. The van der Waals surface area contributed by atoms with Gasteiger partial charge in [-0.3, -0.25) is 13.9 Å². The zero-order valence-electron chi connectivity index (χ0n) is 26.7. The van der Waals surface area contributed by atoms with E-state index in [-0.39, 0.29) is 36.8 Å². The molecule has 11 nitrogen and oxygen atoms in total. The van der Waals surface area contributed by atoms with Crippen molar-refractivity contribution >= 4 is 27.7 Å². The number of fused-ring (bicyclic) bond motifs is 2. The fraction of sp³-hybridized carbons (Fsp3) is 0.455. The van der Waals surface area contributed by atoms with Gasteiger partial charge in [-0.25, -0.2) is 9.67 Å². The number of nitrogens with zero attached hydrogens (tertiary/aromatic N) is 5. The standard InChI is InChI=1S/C33H44N6O5S/c1-6-26-21-38(45(41,42)30-10-8-15-35-33(30)44-26)20-25-18-24(12-11-22(25)3)28(19-31(40)34-16-9-17-43-5)27-13-14-29-32(23(27)4)36-37-39(29)7-2/h8,10-15,18,26,28,41-42H,6-7,9,16-17,19-21H2,1-5H3,(H,34,40). The van der Waals surface area contributed by atoms with Crippen LogP contribution in [0.5, 0.6) is 5.88 Å². The first-order valence-corrected chi connectivity index (χ1v) is 17.0. The molecule has 45 heavy (non-hydrogen) atoms. The third kappa shape index (κ3) is 7.00. The summed E-state index contributed by atoms with van der Waals surface area (Å²) in [6.07, 6.45) is 3.01. The van der Waals surface area contributed by atoms with E-state index in [1.807, 2.05) is 44.5 Å². The number of aryl methyl sites for hydroxylation is 3. The van der Waals surface area contributed by atoms with Crippen molar-refractivity contribution in [3.63, 3.8) is 0 Å². The Kier molecular flexibility index (Phi) is 10.4. The van der Waals surface area contributed by atoms with Crippen molar-refractivity contribution in [1.82, 2.24) is 29.6 Å². The number of carbonyl (C=O) groups excluding carboxylic acids is 1. The first-order valence-electron chi connectivity index (χ1n) is 15.5. The number of hydrogen-bond donors (Lipinski definition) is 3. The number of pyridine rings is 1. The second-order valence-electron chi connectivity index (χ2n) is 11.5. The first kappa shape index (κ1) is 32.8. The van der Waals surface area contributed by atoms with E-state index in [1.54, 1.807) is 29.7 Å². The van der Waals surface area contributed by atoms with Gasteiger partial charge < -0.3 is 14.8 Å². The van der Waals surface area contributed by atoms with Crippen LogP contribution in [0.25, 0.3) is 11.0 Å². The third-order valence-electron chi connectivity index (χ3n) is 8.55. The number of nitrogens with one attached hydrogen (secondary N) is 1. The molecule has 1 aliphatic rings. The van der Waals surface area contributed by atoms with Gasteiger partial charge in [-0.1, -0.05) is 36.4 Å². The maximum Gasteiger partial charge on any atom is 0.239 e. The predicted octanol–water partition coefficient (Wildman–Crippen LogP) is 5.84. The van der Waals surface area contributed by atoms with Gasteiger partial charge in [0.25, 0.3) is 0 Å². The van der Waals surface area contributed by atoms with Crippen molar-refractivity contribution in [3.05, 3.63) is 76.5 Å². The van der Waals surface area contributed by atoms with Gasteiger partial charge in [0, 0.05) is 51.9 Å². The van der Waals surface area contributed by atoms with E-state index in [1.165, 1.54) is 0 Å². The van der Waals surface area contributed by atoms with Gasteiger partial charge in [0.05, 0.1) is 12.1 Å². The SMILES string of the molecule is CCC1CN(Cc2cc(C(CC(=O)NCCCOC)c3ccc4c(nnn4CC)c3C)ccc2C)S(O)(O)c2cccnc2O1. The summed E-state index contributed by atoms with van der Waals surface area (Å²) < 4.78 is 37.9. The van der Waals surface area contributed by atoms with E-state index < -0.39 is 10.8 Å². The molecule has 0 saturated carbocycles. The van der Waals surface area contributed by atoms with Crippen LogP contribution in [0.4, 0.5) is 0 Å². The summed E-state index contributed by atoms with van der Waals surface area (Å²) in [5.41, 5.74) is 6.69. The van der Waals surface area contributed by atoms with Crippen molar-refractivity contribution < 1.29 is 23.4 Å². The Morgan fingerprint density at radius 3 is 2.78 bits per heavy atom. The van der Waals surface area contributed by atoms with Crippen molar-refractivity contribution in [2.24, 2.45) is 0 Å². The Hall–Kier alpha value is -3.55. The maximum atomic E-state index is 13.3. The highest BCUT2D eigenvalue weighted by Gasteiger charge is 2.36. The van der Waals surface area contributed by atoms with Crippen LogP contribution >= 0.6 is 10.8 Å². The average molecular weight is 637 g/mol. The number of ether oxygens (including phenoxy) is 2. The Bertz CT molecular complexity index is 1640. The fourth-order valence-electron chi connectivity index (χ4n) is 5.88. The van der Waals surface area contributed by atoms with Gasteiger partial charge in [-0.05, 0) is 79.6 Å². The molecule has 0 saturated heterocycles. The lowest BCUT2D eigenvalue weighted by atomic mass is 9.84. The van der Waals surface area contributed by atoms with Crippen molar-refractivity contribution in [2.75, 3.05) is 26.8 Å². The first-order chi connectivity index (χ1) is 21.7. The minimum atomic E-state index is -3.37. The minimum absolute atomic E-state index is 0.0522. The van der Waals surface area contributed by atoms with Crippen molar-refractivity contribution in [3.8, 4) is 5.88 Å². The molecule has 0 fully saturated rings. The monoisotopic (exact) mass is 636 g/mol. The summed E-state index contributed by atoms with van der Waals surface area (Å²) in [4.78, 5) is 17.9. The predicted molar refractivity (Wildman–Crippen MR) is 176 cm³/mol. The van der Waals surface area contributed by atoms with Crippen LogP contribution in [0.1, 0.15) is 66.8 Å². The van der Waals surface area contributed by atoms with Gasteiger partial charge in [0.15, 0.2) is 0 Å². The zero-order chi connectivity index (χ0) is 32.1. The van der Waals surface area contributed by atoms with Gasteiger partial charge >= 0.3 is 0 Å². The van der Waals surface area contributed by atoms with Crippen LogP contribution in [0.3, 0.4) is 0 Å². The molecule has 3 N–H and O–H groups in total. The second kappa shape index (κ2) is 14.3. The topological polar surface area (TPSA) is 135 Å². The lowest BCUT2D eigenvalue weighted by Gasteiger charge is -2.41. The van der Waals surface area contributed by atoms with Crippen LogP contribution in [0.15, 0.2) is 53.6 Å². The van der Waals surface area contributed by atoms with Crippen LogP contribution in [-0.2, 0) is 22.6 Å². The molecule has 2 aromatic heterocycles. The molecule has 4 aromatic rings. The van der Waals surface area contributed by atoms with Crippen LogP contribution < -0.4 is 10.1 Å². The van der Waals surface area contributed by atoms with Crippen molar-refractivity contribution in [2.45, 2.75) is 77.0 Å². The van der Waals surface area contributed by atoms with E-state index in [4.69, 9.17) is 9.47 Å². The summed E-state index contributed by atoms with van der Waals surface area (Å²) >= 11 is 0. The van der Waals surface area contributed by atoms with Gasteiger partial charge in [0.2, 0.25) is 11.8 Å². The summed E-state index contributed by atoms with van der Waals surface area (Å²) in [5.74, 6) is -0.0486. The molecule has 5 rings (SSSR count). The molecule has 2 aromatic carbocycles. The summed E-state index contributed by atoms with van der Waals surface area (Å²) in [7, 11) is -1.72. The van der Waals surface area contributed by atoms with E-state index in [0.29, 0.717) is 37.6 Å². The van der Waals surface area contributed by atoms with Crippen LogP contribution in [0.2, 0.25) is 0 Å². The number of amides is 1. The van der Waals surface area contributed by atoms with E-state index in [2.05, 4.69) is 38.8 Å². The molecule has 1 aliphatic heterocycles. The molecular weight excluding hydrogens is 592 g/mol. The number of methoxy groups -OCH3 is 1. The lowest BCUT2D eigenvalue weighted by molar-refractivity contribution is -0.121. The largest absolute Gasteiger partial charge is 0.472 e. The highest BCUT2D eigenvalue weighted by molar-refractivity contribution is 8.22. The highest BCUT2D eigenvalue weighted by atomic mass is 32.3. The van der Waals surface area contributed by atoms with Crippen LogP contribution in [0, 0.1) is 13.8 Å². The van der Waals surface area contributed by atoms with E-state index in [9.17, 15) is 13.9 Å². The summed E-state index contributed by atoms with van der Waals surface area (Å²) in [6, 6.07) is 13.7. The number of aromatic nitrogens is 4. The molecule has 0 radical (unpaired) electrons. The normalized spacial score (nSPS) is 17.7. The Morgan fingerprint density at radius 1 is 1.20 bits per heavy atom. The average Bonchev–Trinajstić information content (AvgIpc) is 3.42. The van der Waals surface area contributed by atoms with Crippen molar-refractivity contribution in [1.29, 1.82) is 0 Å². The minimum Gasteiger partial charge on any atom is -0.472 e. The smallest absolute Gasteiger partial charge is 0.239 e. The van der Waals surface area contributed by atoms with Gasteiger partial charge in [-0.2, -0.15) is 4.31 Å². The molecule has 2 unspecified atom stereocenters. The molecule has 1 amide bonds.